The van der Waals surface area contributed by atoms with Crippen LogP contribution < -0.4 is 5.73 Å². The Kier molecular flexibility index (Phi) is 3.30. The van der Waals surface area contributed by atoms with Crippen LogP contribution in [-0.2, 0) is 0 Å². The van der Waals surface area contributed by atoms with Crippen molar-refractivity contribution in [1.29, 1.82) is 0 Å². The summed E-state index contributed by atoms with van der Waals surface area (Å²) in [5, 5.41) is 12.8. The molecule has 0 saturated carbocycles. The van der Waals surface area contributed by atoms with Crippen molar-refractivity contribution in [2.75, 3.05) is 5.73 Å². The number of rotatable bonds is 2. The van der Waals surface area contributed by atoms with Crippen LogP contribution in [0.25, 0.3) is 17.1 Å². The van der Waals surface area contributed by atoms with Gasteiger partial charge in [-0.25, -0.2) is 0 Å². The molecular weight excluding hydrogens is 297 g/mol. The smallest absolute Gasteiger partial charge is 0.188 e. The molecule has 100 valence electrons. The monoisotopic (exact) mass is 305 g/mol. The average molecular weight is 306 g/mol. The molecular formula is C13H9Cl2N5. The SMILES string of the molecule is Nc1cccc(-c2nnnn2-c2ccc(Cl)cc2)c1Cl. The maximum Gasteiger partial charge on any atom is 0.188 e. The molecule has 3 aromatic rings. The summed E-state index contributed by atoms with van der Waals surface area (Å²) >= 11 is 12.1. The van der Waals surface area contributed by atoms with E-state index in [1.165, 1.54) is 0 Å². The van der Waals surface area contributed by atoms with E-state index >= 15 is 0 Å². The molecule has 0 fully saturated rings. The molecule has 0 radical (unpaired) electrons. The highest BCUT2D eigenvalue weighted by Gasteiger charge is 2.15. The van der Waals surface area contributed by atoms with Gasteiger partial charge in [-0.05, 0) is 46.8 Å². The topological polar surface area (TPSA) is 69.6 Å². The maximum absolute atomic E-state index is 6.21. The number of benzene rings is 2. The average Bonchev–Trinajstić information content (AvgIpc) is 2.92. The first kappa shape index (κ1) is 12.9. The number of nitrogens with two attached hydrogens (primary N) is 1. The molecule has 0 saturated heterocycles. The van der Waals surface area contributed by atoms with Gasteiger partial charge in [-0.1, -0.05) is 29.3 Å². The zero-order chi connectivity index (χ0) is 14.1. The molecule has 0 aliphatic heterocycles. The number of hydrogen-bond donors (Lipinski definition) is 1. The van der Waals surface area contributed by atoms with E-state index in [9.17, 15) is 0 Å². The Morgan fingerprint density at radius 2 is 1.75 bits per heavy atom. The second-order valence-electron chi connectivity index (χ2n) is 4.10. The van der Waals surface area contributed by atoms with Crippen molar-refractivity contribution in [3.05, 3.63) is 52.5 Å². The lowest BCUT2D eigenvalue weighted by molar-refractivity contribution is 0.791. The summed E-state index contributed by atoms with van der Waals surface area (Å²) in [7, 11) is 0. The highest BCUT2D eigenvalue weighted by atomic mass is 35.5. The van der Waals surface area contributed by atoms with E-state index in [-0.39, 0.29) is 0 Å². The molecule has 7 heteroatoms. The molecule has 20 heavy (non-hydrogen) atoms. The quantitative estimate of drug-likeness (QED) is 0.738. The third-order valence-corrected chi connectivity index (χ3v) is 3.48. The second-order valence-corrected chi connectivity index (χ2v) is 4.91. The van der Waals surface area contributed by atoms with Crippen molar-refractivity contribution in [1.82, 2.24) is 20.2 Å². The third-order valence-electron chi connectivity index (χ3n) is 2.81. The summed E-state index contributed by atoms with van der Waals surface area (Å²) in [5.41, 5.74) is 7.75. The minimum Gasteiger partial charge on any atom is -0.398 e. The van der Waals surface area contributed by atoms with Crippen molar-refractivity contribution in [2.45, 2.75) is 0 Å². The second kappa shape index (κ2) is 5.11. The zero-order valence-corrected chi connectivity index (χ0v) is 11.7. The number of tetrazole rings is 1. The van der Waals surface area contributed by atoms with Crippen molar-refractivity contribution >= 4 is 28.9 Å². The Balaban J connectivity index is 2.15. The fraction of sp³-hybridized carbons (Fsp3) is 0. The minimum absolute atomic E-state index is 0.428. The van der Waals surface area contributed by atoms with Crippen LogP contribution in [0.3, 0.4) is 0 Å². The summed E-state index contributed by atoms with van der Waals surface area (Å²) in [5.74, 6) is 0.518. The largest absolute Gasteiger partial charge is 0.398 e. The molecule has 0 bridgehead atoms. The number of nitrogens with zero attached hydrogens (tertiary/aromatic N) is 4. The van der Waals surface area contributed by atoms with Crippen molar-refractivity contribution in [3.63, 3.8) is 0 Å². The van der Waals surface area contributed by atoms with Crippen LogP contribution >= 0.6 is 23.2 Å². The molecule has 1 heterocycles. The number of aromatic nitrogens is 4. The summed E-state index contributed by atoms with van der Waals surface area (Å²) in [6.45, 7) is 0. The van der Waals surface area contributed by atoms with Gasteiger partial charge in [0.1, 0.15) is 0 Å². The van der Waals surface area contributed by atoms with Gasteiger partial charge >= 0.3 is 0 Å². The van der Waals surface area contributed by atoms with Gasteiger partial charge in [0.15, 0.2) is 5.82 Å². The van der Waals surface area contributed by atoms with Crippen molar-refractivity contribution in [2.24, 2.45) is 0 Å². The first-order valence-corrected chi connectivity index (χ1v) is 6.51. The highest BCUT2D eigenvalue weighted by Crippen LogP contribution is 2.31. The van der Waals surface area contributed by atoms with Gasteiger partial charge in [-0.15, -0.1) is 5.10 Å². The van der Waals surface area contributed by atoms with E-state index in [4.69, 9.17) is 28.9 Å². The normalized spacial score (nSPS) is 10.7. The summed E-state index contributed by atoms with van der Waals surface area (Å²) in [6, 6.07) is 12.5. The first-order valence-electron chi connectivity index (χ1n) is 5.75. The molecule has 0 spiro atoms. The Morgan fingerprint density at radius 1 is 1.00 bits per heavy atom. The fourth-order valence-electron chi connectivity index (χ4n) is 1.83. The van der Waals surface area contributed by atoms with E-state index in [1.807, 2.05) is 18.2 Å². The van der Waals surface area contributed by atoms with Crippen LogP contribution in [0.5, 0.6) is 0 Å². The highest BCUT2D eigenvalue weighted by molar-refractivity contribution is 6.35. The summed E-state index contributed by atoms with van der Waals surface area (Å²) in [6.07, 6.45) is 0. The van der Waals surface area contributed by atoms with Crippen LogP contribution in [0.15, 0.2) is 42.5 Å². The standard InChI is InChI=1S/C13H9Cl2N5/c14-8-4-6-9(7-5-8)20-13(17-18-19-20)10-2-1-3-11(16)12(10)15/h1-7H,16H2. The van der Waals surface area contributed by atoms with Gasteiger partial charge in [0.05, 0.1) is 16.4 Å². The summed E-state index contributed by atoms with van der Waals surface area (Å²) in [4.78, 5) is 0. The van der Waals surface area contributed by atoms with Crippen LogP contribution in [0.2, 0.25) is 10.0 Å². The minimum atomic E-state index is 0.428. The van der Waals surface area contributed by atoms with E-state index in [0.717, 1.165) is 5.69 Å². The molecule has 1 aromatic heterocycles. The van der Waals surface area contributed by atoms with E-state index in [1.54, 1.807) is 28.9 Å². The third kappa shape index (κ3) is 2.21. The predicted molar refractivity (Wildman–Crippen MR) is 79.0 cm³/mol. The molecule has 0 aliphatic carbocycles. The number of hydrogen-bond acceptors (Lipinski definition) is 4. The van der Waals surface area contributed by atoms with Crippen LogP contribution in [-0.4, -0.2) is 20.2 Å². The lowest BCUT2D eigenvalue weighted by Gasteiger charge is -2.07. The van der Waals surface area contributed by atoms with Crippen LogP contribution in [0.1, 0.15) is 0 Å². The van der Waals surface area contributed by atoms with Gasteiger partial charge in [-0.2, -0.15) is 4.68 Å². The molecule has 0 aliphatic rings. The maximum atomic E-state index is 6.21. The molecule has 0 atom stereocenters. The predicted octanol–water partition coefficient (Wildman–Crippen LogP) is 3.22. The number of halogens is 2. The van der Waals surface area contributed by atoms with E-state index in [2.05, 4.69) is 15.5 Å². The lowest BCUT2D eigenvalue weighted by Crippen LogP contribution is -2.00. The van der Waals surface area contributed by atoms with Gasteiger partial charge in [0.25, 0.3) is 0 Å². The van der Waals surface area contributed by atoms with Crippen molar-refractivity contribution in [3.8, 4) is 17.1 Å². The van der Waals surface area contributed by atoms with Crippen LogP contribution in [0.4, 0.5) is 5.69 Å². The van der Waals surface area contributed by atoms with Gasteiger partial charge in [0, 0.05) is 10.6 Å². The Bertz CT molecular complexity index is 752. The molecule has 0 unspecified atom stereocenters. The van der Waals surface area contributed by atoms with Crippen molar-refractivity contribution < 1.29 is 0 Å². The lowest BCUT2D eigenvalue weighted by atomic mass is 10.2. The number of nitrogen functional groups attached to an aromatic ring is 1. The molecule has 5 nitrogen and oxygen atoms in total. The molecule has 0 amide bonds. The molecule has 2 aromatic carbocycles. The van der Waals surface area contributed by atoms with Gasteiger partial charge < -0.3 is 5.73 Å². The summed E-state index contributed by atoms with van der Waals surface area (Å²) < 4.78 is 1.58. The molecule has 3 rings (SSSR count). The Hall–Kier alpha value is -2.11. The first-order chi connectivity index (χ1) is 9.66. The van der Waals surface area contributed by atoms with Gasteiger partial charge in [0.2, 0.25) is 0 Å². The Labute approximate surface area is 124 Å². The zero-order valence-electron chi connectivity index (χ0n) is 10.2. The Morgan fingerprint density at radius 3 is 2.50 bits per heavy atom. The van der Waals surface area contributed by atoms with Gasteiger partial charge in [-0.3, -0.25) is 0 Å². The van der Waals surface area contributed by atoms with E-state index < -0.39 is 0 Å². The molecule has 2 N–H and O–H groups in total. The van der Waals surface area contributed by atoms with Crippen LogP contribution in [0, 0.1) is 0 Å². The number of anilines is 1. The van der Waals surface area contributed by atoms with E-state index in [0.29, 0.717) is 27.1 Å². The fourth-order valence-corrected chi connectivity index (χ4v) is 2.17.